The maximum atomic E-state index is 12.8. The molecule has 0 spiro atoms. The first-order chi connectivity index (χ1) is 6.07. The highest BCUT2D eigenvalue weighted by Gasteiger charge is 2.38. The van der Waals surface area contributed by atoms with Crippen LogP contribution in [-0.2, 0) is 0 Å². The van der Waals surface area contributed by atoms with Crippen molar-refractivity contribution in [2.75, 3.05) is 26.2 Å². The van der Waals surface area contributed by atoms with Gasteiger partial charge in [-0.1, -0.05) is 12.8 Å². The molecule has 2 saturated heterocycles. The number of alkyl halides is 2. The molecule has 2 aliphatic rings. The smallest absolute Gasteiger partial charge is 0.250 e. The van der Waals surface area contributed by atoms with Crippen molar-refractivity contribution in [1.29, 1.82) is 0 Å². The quantitative estimate of drug-likeness (QED) is 0.648. The summed E-state index contributed by atoms with van der Waals surface area (Å²) in [7, 11) is 0. The zero-order valence-corrected chi connectivity index (χ0v) is 8.31. The molecule has 0 aromatic heterocycles. The van der Waals surface area contributed by atoms with Gasteiger partial charge >= 0.3 is 0 Å². The summed E-state index contributed by atoms with van der Waals surface area (Å²) >= 11 is 4.16. The van der Waals surface area contributed by atoms with E-state index in [-0.39, 0.29) is 12.8 Å². The number of hydrogen-bond acceptors (Lipinski definition) is 3. The van der Waals surface area contributed by atoms with Crippen molar-refractivity contribution >= 4 is 12.8 Å². The molecular formula is C8H14F2N2S. The molecule has 2 nitrogen and oxygen atoms in total. The molecule has 0 aromatic rings. The normalized spacial score (nSPS) is 31.6. The van der Waals surface area contributed by atoms with E-state index in [9.17, 15) is 8.78 Å². The van der Waals surface area contributed by atoms with Crippen molar-refractivity contribution in [3.05, 3.63) is 0 Å². The van der Waals surface area contributed by atoms with Crippen LogP contribution in [0, 0.1) is 0 Å². The highest BCUT2D eigenvalue weighted by Crippen LogP contribution is 2.30. The van der Waals surface area contributed by atoms with E-state index in [4.69, 9.17) is 0 Å². The van der Waals surface area contributed by atoms with Crippen LogP contribution in [0.5, 0.6) is 0 Å². The molecule has 2 heterocycles. The second-order valence-corrected chi connectivity index (χ2v) is 4.48. The lowest BCUT2D eigenvalue weighted by molar-refractivity contribution is -0.0718. The Hall–Kier alpha value is 0.130. The van der Waals surface area contributed by atoms with E-state index in [1.807, 2.05) is 4.31 Å². The van der Waals surface area contributed by atoms with Gasteiger partial charge in [-0.05, 0) is 0 Å². The third kappa shape index (κ3) is 2.14. The highest BCUT2D eigenvalue weighted by atomic mass is 32.1. The van der Waals surface area contributed by atoms with E-state index >= 15 is 0 Å². The number of thiol groups is 1. The number of likely N-dealkylation sites (tertiary alicyclic amines) is 1. The van der Waals surface area contributed by atoms with Crippen LogP contribution in [0.2, 0.25) is 0 Å². The Morgan fingerprint density at radius 2 is 1.69 bits per heavy atom. The summed E-state index contributed by atoms with van der Waals surface area (Å²) in [5, 5.41) is 0. The summed E-state index contributed by atoms with van der Waals surface area (Å²) < 4.78 is 27.5. The molecule has 2 aliphatic heterocycles. The number of hydrogen-bond donors (Lipinski definition) is 1. The van der Waals surface area contributed by atoms with Crippen molar-refractivity contribution in [3.8, 4) is 0 Å². The average molecular weight is 208 g/mol. The molecule has 76 valence electrons. The van der Waals surface area contributed by atoms with E-state index in [2.05, 4.69) is 17.7 Å². The molecule has 0 amide bonds. The Kier molecular flexibility index (Phi) is 2.51. The van der Waals surface area contributed by atoms with Gasteiger partial charge in [-0.2, -0.15) is 0 Å². The van der Waals surface area contributed by atoms with Crippen LogP contribution in [0.3, 0.4) is 0 Å². The molecule has 0 aliphatic carbocycles. The van der Waals surface area contributed by atoms with Gasteiger partial charge in [0.2, 0.25) is 0 Å². The van der Waals surface area contributed by atoms with Gasteiger partial charge < -0.3 is 0 Å². The van der Waals surface area contributed by atoms with Crippen LogP contribution in [0.1, 0.15) is 12.8 Å². The molecule has 0 unspecified atom stereocenters. The maximum absolute atomic E-state index is 12.8. The summed E-state index contributed by atoms with van der Waals surface area (Å²) in [5.74, 6) is -2.42. The lowest BCUT2D eigenvalue weighted by Crippen LogP contribution is -2.58. The summed E-state index contributed by atoms with van der Waals surface area (Å²) in [6.07, 6.45) is 0.0478. The fourth-order valence-corrected chi connectivity index (χ4v) is 2.26. The summed E-state index contributed by atoms with van der Waals surface area (Å²) in [4.78, 5) is 2.16. The van der Waals surface area contributed by atoms with Gasteiger partial charge in [0.1, 0.15) is 0 Å². The Balaban J connectivity index is 1.79. The number of rotatable bonds is 1. The predicted molar refractivity (Wildman–Crippen MR) is 50.1 cm³/mol. The molecule has 13 heavy (non-hydrogen) atoms. The fourth-order valence-electron chi connectivity index (χ4n) is 1.88. The summed E-state index contributed by atoms with van der Waals surface area (Å²) in [6.45, 7) is 2.90. The van der Waals surface area contributed by atoms with Crippen LogP contribution in [0.25, 0.3) is 0 Å². The lowest BCUT2D eigenvalue weighted by Gasteiger charge is -2.45. The second-order valence-electron chi connectivity index (χ2n) is 3.92. The number of halogens is 2. The van der Waals surface area contributed by atoms with E-state index in [0.717, 1.165) is 13.1 Å². The fraction of sp³-hybridized carbons (Fsp3) is 1.00. The van der Waals surface area contributed by atoms with Crippen LogP contribution >= 0.6 is 12.8 Å². The minimum atomic E-state index is -2.42. The Morgan fingerprint density at radius 3 is 2.15 bits per heavy atom. The van der Waals surface area contributed by atoms with Gasteiger partial charge in [0.25, 0.3) is 5.92 Å². The SMILES string of the molecule is FC1(F)CCN(C2CN(S)C2)CC1. The number of nitrogens with zero attached hydrogens (tertiary/aromatic N) is 2. The monoisotopic (exact) mass is 208 g/mol. The maximum Gasteiger partial charge on any atom is 0.250 e. The van der Waals surface area contributed by atoms with Crippen LogP contribution < -0.4 is 0 Å². The molecule has 2 rings (SSSR count). The van der Waals surface area contributed by atoms with E-state index in [1.165, 1.54) is 0 Å². The van der Waals surface area contributed by atoms with Crippen molar-refractivity contribution in [2.45, 2.75) is 24.8 Å². The van der Waals surface area contributed by atoms with Gasteiger partial charge in [-0.15, -0.1) is 0 Å². The van der Waals surface area contributed by atoms with Crippen molar-refractivity contribution < 1.29 is 8.78 Å². The van der Waals surface area contributed by atoms with Crippen molar-refractivity contribution in [2.24, 2.45) is 0 Å². The third-order valence-corrected chi connectivity index (χ3v) is 3.22. The molecule has 0 saturated carbocycles. The zero-order chi connectivity index (χ0) is 9.47. The summed E-state index contributed by atoms with van der Waals surface area (Å²) in [6, 6.07) is 0.466. The lowest BCUT2D eigenvalue weighted by atomic mass is 10.0. The van der Waals surface area contributed by atoms with E-state index in [0.29, 0.717) is 19.1 Å². The second kappa shape index (κ2) is 3.37. The van der Waals surface area contributed by atoms with Gasteiger partial charge in [0.15, 0.2) is 0 Å². The van der Waals surface area contributed by atoms with Crippen LogP contribution in [0.15, 0.2) is 0 Å². The van der Waals surface area contributed by atoms with Crippen molar-refractivity contribution in [3.63, 3.8) is 0 Å². The molecule has 2 fully saturated rings. The zero-order valence-electron chi connectivity index (χ0n) is 7.42. The number of piperidine rings is 1. The molecule has 0 bridgehead atoms. The highest BCUT2D eigenvalue weighted by molar-refractivity contribution is 7.77. The first-order valence-electron chi connectivity index (χ1n) is 4.62. The molecular weight excluding hydrogens is 194 g/mol. The molecule has 0 atom stereocenters. The Labute approximate surface area is 82.4 Å². The molecule has 5 heteroatoms. The third-order valence-electron chi connectivity index (χ3n) is 2.89. The first kappa shape index (κ1) is 9.68. The van der Waals surface area contributed by atoms with Crippen LogP contribution in [0.4, 0.5) is 8.78 Å². The molecule has 0 aromatic carbocycles. The minimum absolute atomic E-state index is 0.0239. The standard InChI is InChI=1S/C8H14F2N2S/c9-8(10)1-3-11(4-2-8)7-5-12(13)6-7/h7,13H,1-6H2. The topological polar surface area (TPSA) is 6.48 Å². The Bertz CT molecular complexity index is 185. The average Bonchev–Trinajstić information content (AvgIpc) is 2.00. The van der Waals surface area contributed by atoms with Gasteiger partial charge in [-0.3, -0.25) is 9.21 Å². The van der Waals surface area contributed by atoms with E-state index < -0.39 is 5.92 Å². The van der Waals surface area contributed by atoms with Crippen LogP contribution in [-0.4, -0.2) is 47.3 Å². The molecule has 0 radical (unpaired) electrons. The predicted octanol–water partition coefficient (Wildman–Crippen LogP) is 1.25. The minimum Gasteiger partial charge on any atom is -0.297 e. The van der Waals surface area contributed by atoms with Gasteiger partial charge in [0.05, 0.1) is 0 Å². The summed E-state index contributed by atoms with van der Waals surface area (Å²) in [5.41, 5.74) is 0. The molecule has 0 N–H and O–H groups in total. The van der Waals surface area contributed by atoms with Crippen molar-refractivity contribution in [1.82, 2.24) is 9.21 Å². The largest absolute Gasteiger partial charge is 0.297 e. The van der Waals surface area contributed by atoms with Gasteiger partial charge in [-0.25, -0.2) is 8.78 Å². The van der Waals surface area contributed by atoms with E-state index in [1.54, 1.807) is 0 Å². The van der Waals surface area contributed by atoms with Gasteiger partial charge in [0, 0.05) is 45.1 Å². The Morgan fingerprint density at radius 1 is 1.15 bits per heavy atom. The first-order valence-corrected chi connectivity index (χ1v) is 5.02.